The molecule has 0 aliphatic rings. The molecule has 2 aromatic rings. The van der Waals surface area contributed by atoms with E-state index in [4.69, 9.17) is 0 Å². The van der Waals surface area contributed by atoms with Crippen LogP contribution in [0.4, 0.5) is 5.95 Å². The van der Waals surface area contributed by atoms with Crippen LogP contribution < -0.4 is 5.32 Å². The Kier molecular flexibility index (Phi) is 7.38. The average Bonchev–Trinajstić information content (AvgIpc) is 2.63. The summed E-state index contributed by atoms with van der Waals surface area (Å²) in [6, 6.07) is 11.8. The number of nitrogens with zero attached hydrogens (tertiary/aromatic N) is 3. The minimum atomic E-state index is -0.0714. The molecule has 1 heterocycles. The molecular formula is C20H28N4O. The number of amides is 1. The summed E-state index contributed by atoms with van der Waals surface area (Å²) in [7, 11) is 0. The normalized spacial score (nSPS) is 10.7. The highest BCUT2D eigenvalue weighted by atomic mass is 16.2. The van der Waals surface area contributed by atoms with Crippen LogP contribution in [0, 0.1) is 0 Å². The van der Waals surface area contributed by atoms with Crippen LogP contribution in [0.5, 0.6) is 0 Å². The van der Waals surface area contributed by atoms with Crippen molar-refractivity contribution in [3.8, 4) is 0 Å². The molecule has 0 saturated heterocycles. The molecule has 1 amide bonds. The van der Waals surface area contributed by atoms with Gasteiger partial charge in [0.05, 0.1) is 0 Å². The van der Waals surface area contributed by atoms with E-state index < -0.39 is 0 Å². The SMILES string of the molecule is CCCCCNc1nccc(C(=O)N(Cc2ccccc2)C(C)C)n1. The van der Waals surface area contributed by atoms with E-state index in [9.17, 15) is 4.79 Å². The summed E-state index contributed by atoms with van der Waals surface area (Å²) in [5.41, 5.74) is 1.54. The quantitative estimate of drug-likeness (QED) is 0.697. The molecule has 0 aliphatic heterocycles. The maximum atomic E-state index is 12.9. The summed E-state index contributed by atoms with van der Waals surface area (Å²) in [4.78, 5) is 23.4. The van der Waals surface area contributed by atoms with Gasteiger partial charge in [-0.3, -0.25) is 4.79 Å². The average molecular weight is 340 g/mol. The Morgan fingerprint density at radius 2 is 1.92 bits per heavy atom. The monoisotopic (exact) mass is 340 g/mol. The molecule has 5 heteroatoms. The van der Waals surface area contributed by atoms with Gasteiger partial charge >= 0.3 is 0 Å². The number of aromatic nitrogens is 2. The van der Waals surface area contributed by atoms with Crippen molar-refractivity contribution in [3.63, 3.8) is 0 Å². The second kappa shape index (κ2) is 9.77. The van der Waals surface area contributed by atoms with Gasteiger partial charge in [0, 0.05) is 25.3 Å². The molecule has 25 heavy (non-hydrogen) atoms. The fourth-order valence-corrected chi connectivity index (χ4v) is 2.55. The summed E-state index contributed by atoms with van der Waals surface area (Å²) in [5.74, 6) is 0.447. The highest BCUT2D eigenvalue weighted by Crippen LogP contribution is 2.13. The third-order valence-corrected chi connectivity index (χ3v) is 4.02. The third kappa shape index (κ3) is 5.85. The number of hydrogen-bond donors (Lipinski definition) is 1. The van der Waals surface area contributed by atoms with Crippen molar-refractivity contribution < 1.29 is 4.79 Å². The lowest BCUT2D eigenvalue weighted by Crippen LogP contribution is -2.37. The molecule has 0 saturated carbocycles. The highest BCUT2D eigenvalue weighted by molar-refractivity contribution is 5.92. The lowest BCUT2D eigenvalue weighted by molar-refractivity contribution is 0.0684. The van der Waals surface area contributed by atoms with E-state index in [2.05, 4.69) is 22.2 Å². The summed E-state index contributed by atoms with van der Waals surface area (Å²) in [6.45, 7) is 7.60. The zero-order valence-electron chi connectivity index (χ0n) is 15.4. The number of nitrogens with one attached hydrogen (secondary N) is 1. The molecule has 0 spiro atoms. The smallest absolute Gasteiger partial charge is 0.273 e. The number of unbranched alkanes of at least 4 members (excludes halogenated alkanes) is 2. The molecule has 1 N–H and O–H groups in total. The van der Waals surface area contributed by atoms with Crippen molar-refractivity contribution in [1.29, 1.82) is 0 Å². The molecule has 0 radical (unpaired) electrons. The Morgan fingerprint density at radius 3 is 2.60 bits per heavy atom. The lowest BCUT2D eigenvalue weighted by Gasteiger charge is -2.26. The van der Waals surface area contributed by atoms with Crippen molar-refractivity contribution in [3.05, 3.63) is 53.9 Å². The van der Waals surface area contributed by atoms with E-state index >= 15 is 0 Å². The summed E-state index contributed by atoms with van der Waals surface area (Å²) < 4.78 is 0. The van der Waals surface area contributed by atoms with Gasteiger partial charge in [-0.05, 0) is 31.9 Å². The molecule has 0 aliphatic carbocycles. The zero-order chi connectivity index (χ0) is 18.1. The van der Waals surface area contributed by atoms with Gasteiger partial charge in [-0.1, -0.05) is 50.1 Å². The Balaban J connectivity index is 2.08. The fraction of sp³-hybridized carbons (Fsp3) is 0.450. The minimum absolute atomic E-state index is 0.0714. The molecule has 1 aromatic heterocycles. The van der Waals surface area contributed by atoms with Crippen LogP contribution in [0.15, 0.2) is 42.6 Å². The van der Waals surface area contributed by atoms with Crippen LogP contribution in [-0.2, 0) is 6.54 Å². The van der Waals surface area contributed by atoms with Crippen LogP contribution in [0.25, 0.3) is 0 Å². The van der Waals surface area contributed by atoms with Crippen LogP contribution in [0.2, 0.25) is 0 Å². The number of carbonyl (C=O) groups is 1. The predicted octanol–water partition coefficient (Wildman–Crippen LogP) is 4.13. The van der Waals surface area contributed by atoms with E-state index in [1.165, 1.54) is 12.8 Å². The van der Waals surface area contributed by atoms with E-state index in [1.54, 1.807) is 12.3 Å². The van der Waals surface area contributed by atoms with E-state index in [0.717, 1.165) is 18.5 Å². The number of anilines is 1. The zero-order valence-corrected chi connectivity index (χ0v) is 15.4. The first-order valence-corrected chi connectivity index (χ1v) is 9.03. The molecule has 1 aromatic carbocycles. The molecule has 0 atom stereocenters. The Bertz CT molecular complexity index is 658. The Hall–Kier alpha value is -2.43. The minimum Gasteiger partial charge on any atom is -0.354 e. The second-order valence-electron chi connectivity index (χ2n) is 6.41. The van der Waals surface area contributed by atoms with Crippen molar-refractivity contribution in [2.24, 2.45) is 0 Å². The maximum Gasteiger partial charge on any atom is 0.273 e. The molecule has 5 nitrogen and oxygen atoms in total. The molecule has 0 bridgehead atoms. The lowest BCUT2D eigenvalue weighted by atomic mass is 10.1. The molecule has 0 unspecified atom stereocenters. The summed E-state index contributed by atoms with van der Waals surface area (Å²) in [6.07, 6.45) is 5.06. The van der Waals surface area contributed by atoms with Gasteiger partial charge < -0.3 is 10.2 Å². The van der Waals surface area contributed by atoms with Crippen molar-refractivity contribution in [2.75, 3.05) is 11.9 Å². The van der Waals surface area contributed by atoms with Gasteiger partial charge in [-0.25, -0.2) is 9.97 Å². The van der Waals surface area contributed by atoms with Gasteiger partial charge in [0.25, 0.3) is 5.91 Å². The number of benzene rings is 1. The summed E-state index contributed by atoms with van der Waals surface area (Å²) in [5, 5.41) is 3.20. The van der Waals surface area contributed by atoms with Crippen LogP contribution in [0.1, 0.15) is 56.1 Å². The topological polar surface area (TPSA) is 58.1 Å². The van der Waals surface area contributed by atoms with Gasteiger partial charge in [-0.2, -0.15) is 0 Å². The van der Waals surface area contributed by atoms with E-state index in [0.29, 0.717) is 18.2 Å². The van der Waals surface area contributed by atoms with Crippen molar-refractivity contribution in [2.45, 2.75) is 52.6 Å². The van der Waals surface area contributed by atoms with Crippen LogP contribution >= 0.6 is 0 Å². The number of carbonyl (C=O) groups excluding carboxylic acids is 1. The molecule has 134 valence electrons. The standard InChI is InChI=1S/C20H28N4O/c1-4-5-9-13-21-20-22-14-12-18(23-20)19(25)24(16(2)3)15-17-10-7-6-8-11-17/h6-8,10-12,14,16H,4-5,9,13,15H2,1-3H3,(H,21,22,23). The van der Waals surface area contributed by atoms with Gasteiger partial charge in [0.15, 0.2) is 0 Å². The van der Waals surface area contributed by atoms with E-state index in [1.807, 2.05) is 49.1 Å². The first-order valence-electron chi connectivity index (χ1n) is 9.03. The maximum absolute atomic E-state index is 12.9. The van der Waals surface area contributed by atoms with Crippen LogP contribution in [-0.4, -0.2) is 33.4 Å². The summed E-state index contributed by atoms with van der Waals surface area (Å²) >= 11 is 0. The van der Waals surface area contributed by atoms with Gasteiger partial charge in [-0.15, -0.1) is 0 Å². The molecule has 2 rings (SSSR count). The first-order chi connectivity index (χ1) is 12.1. The van der Waals surface area contributed by atoms with Crippen molar-refractivity contribution in [1.82, 2.24) is 14.9 Å². The number of rotatable bonds is 9. The van der Waals surface area contributed by atoms with Gasteiger partial charge in [0.2, 0.25) is 5.95 Å². The van der Waals surface area contributed by atoms with Crippen molar-refractivity contribution >= 4 is 11.9 Å². The number of hydrogen-bond acceptors (Lipinski definition) is 4. The fourth-order valence-electron chi connectivity index (χ4n) is 2.55. The largest absolute Gasteiger partial charge is 0.354 e. The third-order valence-electron chi connectivity index (χ3n) is 4.02. The second-order valence-corrected chi connectivity index (χ2v) is 6.41. The Labute approximate surface area is 150 Å². The highest BCUT2D eigenvalue weighted by Gasteiger charge is 2.20. The molecular weight excluding hydrogens is 312 g/mol. The Morgan fingerprint density at radius 1 is 1.16 bits per heavy atom. The van der Waals surface area contributed by atoms with Gasteiger partial charge in [0.1, 0.15) is 5.69 Å². The van der Waals surface area contributed by atoms with Crippen LogP contribution in [0.3, 0.4) is 0 Å². The predicted molar refractivity (Wildman–Crippen MR) is 101 cm³/mol. The molecule has 0 fully saturated rings. The first kappa shape index (κ1) is 18.9. The van der Waals surface area contributed by atoms with E-state index in [-0.39, 0.29) is 11.9 Å².